The Bertz CT molecular complexity index is 1090. The van der Waals surface area contributed by atoms with Crippen LogP contribution in [0.15, 0.2) is 16.5 Å². The van der Waals surface area contributed by atoms with Crippen LogP contribution >= 0.6 is 0 Å². The number of aromatic nitrogens is 3. The van der Waals surface area contributed by atoms with Gasteiger partial charge in [-0.2, -0.15) is 9.61 Å². The van der Waals surface area contributed by atoms with Crippen LogP contribution in [0.4, 0.5) is 5.82 Å². The average Bonchev–Trinajstić information content (AvgIpc) is 3.28. The standard InChI is InChI=1S/C22H27N5O2/c1-13-11-17(14(2)29-13)19-12-20-24-18-6-4-3-5-16(18)22(27(20)25-19)26-9-7-15(8-10-26)21(23)28/h11-12,15H,3-10H2,1-2H3,(H2,23,28). The molecule has 0 spiro atoms. The number of hydrogen-bond donors (Lipinski definition) is 1. The summed E-state index contributed by atoms with van der Waals surface area (Å²) in [7, 11) is 0. The fraction of sp³-hybridized carbons (Fsp3) is 0.500. The van der Waals surface area contributed by atoms with Crippen molar-refractivity contribution in [3.63, 3.8) is 0 Å². The van der Waals surface area contributed by atoms with Gasteiger partial charge in [0.2, 0.25) is 5.91 Å². The number of rotatable bonds is 3. The van der Waals surface area contributed by atoms with E-state index in [0.717, 1.165) is 73.0 Å². The van der Waals surface area contributed by atoms with Gasteiger partial charge in [0.05, 0.1) is 5.69 Å². The van der Waals surface area contributed by atoms with E-state index < -0.39 is 0 Å². The van der Waals surface area contributed by atoms with Gasteiger partial charge in [0, 0.05) is 41.9 Å². The van der Waals surface area contributed by atoms with E-state index in [0.29, 0.717) is 0 Å². The number of carbonyl (C=O) groups is 1. The molecular formula is C22H27N5O2. The van der Waals surface area contributed by atoms with Crippen molar-refractivity contribution in [3.05, 3.63) is 34.9 Å². The lowest BCUT2D eigenvalue weighted by Gasteiger charge is -2.34. The van der Waals surface area contributed by atoms with Gasteiger partial charge in [0.15, 0.2) is 5.65 Å². The predicted molar refractivity (Wildman–Crippen MR) is 111 cm³/mol. The van der Waals surface area contributed by atoms with E-state index in [1.165, 1.54) is 24.1 Å². The fourth-order valence-corrected chi connectivity index (χ4v) is 4.84. The maximum absolute atomic E-state index is 11.6. The summed E-state index contributed by atoms with van der Waals surface area (Å²) in [6, 6.07) is 4.10. The molecule has 7 nitrogen and oxygen atoms in total. The van der Waals surface area contributed by atoms with Crippen LogP contribution in [0.5, 0.6) is 0 Å². The average molecular weight is 393 g/mol. The van der Waals surface area contributed by atoms with Gasteiger partial charge < -0.3 is 15.1 Å². The minimum absolute atomic E-state index is 0.0239. The molecule has 1 saturated heterocycles. The van der Waals surface area contributed by atoms with Crippen molar-refractivity contribution >= 4 is 17.4 Å². The number of aryl methyl sites for hydroxylation is 3. The van der Waals surface area contributed by atoms with Gasteiger partial charge in [0.1, 0.15) is 17.3 Å². The highest BCUT2D eigenvalue weighted by atomic mass is 16.3. The highest BCUT2D eigenvalue weighted by Crippen LogP contribution is 2.35. The van der Waals surface area contributed by atoms with Crippen LogP contribution in [0.2, 0.25) is 0 Å². The van der Waals surface area contributed by atoms with Crippen LogP contribution in [0.3, 0.4) is 0 Å². The SMILES string of the molecule is Cc1cc(-c2cc3nc4c(c(N5CCC(C(N)=O)CC5)n3n2)CCCC4)c(C)o1. The number of furan rings is 1. The molecule has 0 radical (unpaired) electrons. The number of carbonyl (C=O) groups excluding carboxylic acids is 1. The second kappa shape index (κ2) is 6.90. The highest BCUT2D eigenvalue weighted by Gasteiger charge is 2.29. The van der Waals surface area contributed by atoms with Crippen molar-refractivity contribution in [1.82, 2.24) is 14.6 Å². The summed E-state index contributed by atoms with van der Waals surface area (Å²) in [6.45, 7) is 5.56. The predicted octanol–water partition coefficient (Wildman–Crippen LogP) is 3.19. The first-order valence-corrected chi connectivity index (χ1v) is 10.5. The van der Waals surface area contributed by atoms with E-state index in [4.69, 9.17) is 20.2 Å². The Hall–Kier alpha value is -2.83. The molecular weight excluding hydrogens is 366 g/mol. The minimum Gasteiger partial charge on any atom is -0.466 e. The first kappa shape index (κ1) is 18.2. The molecule has 0 aromatic carbocycles. The van der Waals surface area contributed by atoms with Crippen molar-refractivity contribution in [1.29, 1.82) is 0 Å². The number of anilines is 1. The summed E-state index contributed by atoms with van der Waals surface area (Å²) in [5.74, 6) is 2.70. The van der Waals surface area contributed by atoms with E-state index in [-0.39, 0.29) is 11.8 Å². The lowest BCUT2D eigenvalue weighted by Crippen LogP contribution is -2.40. The molecule has 3 aromatic rings. The van der Waals surface area contributed by atoms with Gasteiger partial charge in [-0.25, -0.2) is 4.98 Å². The van der Waals surface area contributed by atoms with Crippen LogP contribution in [0, 0.1) is 19.8 Å². The summed E-state index contributed by atoms with van der Waals surface area (Å²) in [5, 5.41) is 4.96. The number of fused-ring (bicyclic) bond motifs is 2. The molecule has 3 aromatic heterocycles. The topological polar surface area (TPSA) is 89.7 Å². The first-order valence-electron chi connectivity index (χ1n) is 10.5. The molecule has 0 unspecified atom stereocenters. The number of primary amides is 1. The van der Waals surface area contributed by atoms with Crippen molar-refractivity contribution in [2.45, 2.75) is 52.4 Å². The van der Waals surface area contributed by atoms with Crippen LogP contribution in [-0.2, 0) is 17.6 Å². The van der Waals surface area contributed by atoms with Gasteiger partial charge >= 0.3 is 0 Å². The molecule has 4 heterocycles. The number of amides is 1. The molecule has 5 rings (SSSR count). The van der Waals surface area contributed by atoms with Crippen LogP contribution in [0.1, 0.15) is 48.5 Å². The summed E-state index contributed by atoms with van der Waals surface area (Å²) in [4.78, 5) is 18.9. The lowest BCUT2D eigenvalue weighted by atomic mass is 9.93. The van der Waals surface area contributed by atoms with E-state index in [1.807, 2.05) is 24.4 Å². The molecule has 7 heteroatoms. The van der Waals surface area contributed by atoms with Gasteiger partial charge in [-0.15, -0.1) is 0 Å². The number of hydrogen-bond acceptors (Lipinski definition) is 5. The Morgan fingerprint density at radius 3 is 2.62 bits per heavy atom. The molecule has 29 heavy (non-hydrogen) atoms. The van der Waals surface area contributed by atoms with Gasteiger partial charge in [0.25, 0.3) is 0 Å². The van der Waals surface area contributed by atoms with Crippen molar-refractivity contribution in [2.24, 2.45) is 11.7 Å². The maximum atomic E-state index is 11.6. The van der Waals surface area contributed by atoms with E-state index >= 15 is 0 Å². The molecule has 2 N–H and O–H groups in total. The molecule has 0 saturated carbocycles. The zero-order valence-electron chi connectivity index (χ0n) is 17.1. The Morgan fingerprint density at radius 1 is 1.17 bits per heavy atom. The van der Waals surface area contributed by atoms with E-state index in [9.17, 15) is 4.79 Å². The van der Waals surface area contributed by atoms with Crippen LogP contribution in [0.25, 0.3) is 16.9 Å². The summed E-state index contributed by atoms with van der Waals surface area (Å²) in [5.41, 5.74) is 10.8. The molecule has 2 aliphatic rings. The number of piperidine rings is 1. The smallest absolute Gasteiger partial charge is 0.220 e. The number of nitrogens with two attached hydrogens (primary N) is 1. The third-order valence-electron chi connectivity index (χ3n) is 6.36. The maximum Gasteiger partial charge on any atom is 0.220 e. The Balaban J connectivity index is 1.63. The van der Waals surface area contributed by atoms with Gasteiger partial charge in [-0.1, -0.05) is 0 Å². The van der Waals surface area contributed by atoms with Crippen LogP contribution in [-0.4, -0.2) is 33.6 Å². The largest absolute Gasteiger partial charge is 0.466 e. The summed E-state index contributed by atoms with van der Waals surface area (Å²) < 4.78 is 7.73. The van der Waals surface area contributed by atoms with Gasteiger partial charge in [-0.05, 0) is 58.4 Å². The molecule has 0 bridgehead atoms. The van der Waals surface area contributed by atoms with Gasteiger partial charge in [-0.3, -0.25) is 4.79 Å². The Labute approximate surface area is 169 Å². The Morgan fingerprint density at radius 2 is 1.93 bits per heavy atom. The second-order valence-corrected chi connectivity index (χ2v) is 8.36. The fourth-order valence-electron chi connectivity index (χ4n) is 4.84. The quantitative estimate of drug-likeness (QED) is 0.738. The van der Waals surface area contributed by atoms with Crippen molar-refractivity contribution in [3.8, 4) is 11.3 Å². The molecule has 1 fully saturated rings. The highest BCUT2D eigenvalue weighted by molar-refractivity contribution is 5.77. The second-order valence-electron chi connectivity index (χ2n) is 8.36. The molecule has 0 atom stereocenters. The van der Waals surface area contributed by atoms with Crippen molar-refractivity contribution in [2.75, 3.05) is 18.0 Å². The van der Waals surface area contributed by atoms with E-state index in [2.05, 4.69) is 11.0 Å². The molecule has 1 aliphatic heterocycles. The third kappa shape index (κ3) is 3.09. The molecule has 1 aliphatic carbocycles. The zero-order valence-corrected chi connectivity index (χ0v) is 17.1. The monoisotopic (exact) mass is 393 g/mol. The third-order valence-corrected chi connectivity index (χ3v) is 6.36. The van der Waals surface area contributed by atoms with Crippen molar-refractivity contribution < 1.29 is 9.21 Å². The Kier molecular flexibility index (Phi) is 4.33. The lowest BCUT2D eigenvalue weighted by molar-refractivity contribution is -0.122. The van der Waals surface area contributed by atoms with E-state index in [1.54, 1.807) is 0 Å². The minimum atomic E-state index is -0.182. The summed E-state index contributed by atoms with van der Waals surface area (Å²) >= 11 is 0. The molecule has 152 valence electrons. The number of nitrogens with zero attached hydrogens (tertiary/aromatic N) is 4. The molecule has 1 amide bonds. The summed E-state index contributed by atoms with van der Waals surface area (Å²) in [6.07, 6.45) is 5.99. The van der Waals surface area contributed by atoms with Crippen LogP contribution < -0.4 is 10.6 Å². The zero-order chi connectivity index (χ0) is 20.1. The first-order chi connectivity index (χ1) is 14.0. The normalized spacial score (nSPS) is 17.7.